The summed E-state index contributed by atoms with van der Waals surface area (Å²) in [7, 11) is 0. The minimum Gasteiger partial charge on any atom is -0.299 e. The summed E-state index contributed by atoms with van der Waals surface area (Å²) in [5.74, 6) is 0.858. The molecule has 0 radical (unpaired) electrons. The normalized spacial score (nSPS) is 17.9. The lowest BCUT2D eigenvalue weighted by Crippen LogP contribution is -2.17. The van der Waals surface area contributed by atoms with Crippen LogP contribution >= 0.6 is 0 Å². The van der Waals surface area contributed by atoms with Crippen molar-refractivity contribution >= 4 is 5.78 Å². The van der Waals surface area contributed by atoms with Crippen molar-refractivity contribution < 1.29 is 4.79 Å². The quantitative estimate of drug-likeness (QED) is 0.734. The van der Waals surface area contributed by atoms with Gasteiger partial charge in [0.2, 0.25) is 0 Å². The molecule has 0 saturated heterocycles. The fourth-order valence-electron chi connectivity index (χ4n) is 2.16. The van der Waals surface area contributed by atoms with Gasteiger partial charge in [-0.15, -0.1) is 0 Å². The highest BCUT2D eigenvalue weighted by Gasteiger charge is 2.48. The van der Waals surface area contributed by atoms with Crippen LogP contribution in [0.3, 0.4) is 0 Å². The first-order valence-corrected chi connectivity index (χ1v) is 5.68. The molecule has 1 aromatic rings. The number of hydrogen-bond acceptors (Lipinski definition) is 1. The van der Waals surface area contributed by atoms with E-state index in [2.05, 4.69) is 38.1 Å². The molecule has 0 bridgehead atoms. The van der Waals surface area contributed by atoms with Gasteiger partial charge in [0.1, 0.15) is 5.78 Å². The van der Waals surface area contributed by atoms with Gasteiger partial charge in [0.25, 0.3) is 0 Å². The van der Waals surface area contributed by atoms with E-state index in [9.17, 15) is 4.79 Å². The van der Waals surface area contributed by atoms with Crippen molar-refractivity contribution in [2.45, 2.75) is 44.9 Å². The van der Waals surface area contributed by atoms with Gasteiger partial charge >= 0.3 is 0 Å². The second kappa shape index (κ2) is 3.48. The van der Waals surface area contributed by atoms with E-state index in [4.69, 9.17) is 0 Å². The van der Waals surface area contributed by atoms with Gasteiger partial charge in [-0.3, -0.25) is 4.79 Å². The molecule has 0 aliphatic heterocycles. The number of Topliss-reactive ketones (excluding diaryl/α,β-unsaturated/α-hetero) is 1. The van der Waals surface area contributed by atoms with Crippen molar-refractivity contribution in [2.75, 3.05) is 0 Å². The highest BCUT2D eigenvalue weighted by molar-refractivity contribution is 5.91. The molecular formula is C14H18O. The summed E-state index contributed by atoms with van der Waals surface area (Å²) in [5, 5.41) is 0. The Balaban J connectivity index is 2.37. The molecule has 1 nitrogen and oxygen atoms in total. The molecule has 0 N–H and O–H groups in total. The lowest BCUT2D eigenvalue weighted by Gasteiger charge is -2.14. The fourth-order valence-corrected chi connectivity index (χ4v) is 2.16. The van der Waals surface area contributed by atoms with E-state index < -0.39 is 0 Å². The minimum absolute atomic E-state index is 0.120. The minimum atomic E-state index is -0.120. The largest absolute Gasteiger partial charge is 0.299 e. The van der Waals surface area contributed by atoms with E-state index in [1.54, 1.807) is 6.92 Å². The zero-order valence-electron chi connectivity index (χ0n) is 9.71. The predicted octanol–water partition coefficient (Wildman–Crippen LogP) is 3.43. The topological polar surface area (TPSA) is 17.1 Å². The summed E-state index contributed by atoms with van der Waals surface area (Å²) in [6.45, 7) is 6.09. The number of carbonyl (C=O) groups is 1. The van der Waals surface area contributed by atoms with Gasteiger partial charge in [-0.05, 0) is 36.8 Å². The predicted molar refractivity (Wildman–Crippen MR) is 62.1 cm³/mol. The number of hydrogen-bond donors (Lipinski definition) is 0. The molecule has 1 fully saturated rings. The first-order chi connectivity index (χ1) is 7.06. The molecule has 80 valence electrons. The van der Waals surface area contributed by atoms with Crippen molar-refractivity contribution in [3.05, 3.63) is 35.4 Å². The molecule has 0 amide bonds. The van der Waals surface area contributed by atoms with Crippen LogP contribution in [-0.4, -0.2) is 5.78 Å². The van der Waals surface area contributed by atoms with Crippen LogP contribution in [0.15, 0.2) is 24.3 Å². The Morgan fingerprint density at radius 2 is 2.00 bits per heavy atom. The van der Waals surface area contributed by atoms with Gasteiger partial charge in [-0.1, -0.05) is 38.1 Å². The van der Waals surface area contributed by atoms with Crippen molar-refractivity contribution in [3.63, 3.8) is 0 Å². The third-order valence-electron chi connectivity index (χ3n) is 3.53. The van der Waals surface area contributed by atoms with E-state index in [1.165, 1.54) is 11.1 Å². The van der Waals surface area contributed by atoms with Crippen molar-refractivity contribution in [1.29, 1.82) is 0 Å². The zero-order chi connectivity index (χ0) is 11.1. The molecule has 1 aliphatic rings. The molecule has 1 heteroatoms. The maximum absolute atomic E-state index is 11.6. The van der Waals surface area contributed by atoms with Crippen LogP contribution in [-0.2, 0) is 10.2 Å². The second-order valence-electron chi connectivity index (χ2n) is 4.92. The van der Waals surface area contributed by atoms with Gasteiger partial charge in [0.15, 0.2) is 0 Å². The Morgan fingerprint density at radius 1 is 1.33 bits per heavy atom. The standard InChI is InChI=1S/C14H18O/c1-10(2)12-5-4-6-13(9-12)14(7-8-14)11(3)15/h4-6,9-10H,7-8H2,1-3H3. The number of rotatable bonds is 3. The van der Waals surface area contributed by atoms with E-state index in [1.807, 2.05) is 0 Å². The summed E-state index contributed by atoms with van der Waals surface area (Å²) in [5.41, 5.74) is 2.44. The third kappa shape index (κ3) is 1.71. The summed E-state index contributed by atoms with van der Waals surface area (Å²) in [6, 6.07) is 8.53. The Bertz CT molecular complexity index is 386. The molecule has 1 aromatic carbocycles. The molecule has 0 aromatic heterocycles. The molecule has 1 aliphatic carbocycles. The molecule has 0 spiro atoms. The summed E-state index contributed by atoms with van der Waals surface area (Å²) in [6.07, 6.45) is 2.06. The van der Waals surface area contributed by atoms with Gasteiger partial charge in [0, 0.05) is 0 Å². The van der Waals surface area contributed by atoms with Gasteiger partial charge in [0.05, 0.1) is 5.41 Å². The highest BCUT2D eigenvalue weighted by Crippen LogP contribution is 2.49. The molecule has 0 heterocycles. The molecule has 0 unspecified atom stereocenters. The monoisotopic (exact) mass is 202 g/mol. The summed E-state index contributed by atoms with van der Waals surface area (Å²) >= 11 is 0. The lowest BCUT2D eigenvalue weighted by atomic mass is 9.89. The Hall–Kier alpha value is -1.11. The van der Waals surface area contributed by atoms with Crippen LogP contribution in [0.1, 0.15) is 50.7 Å². The zero-order valence-corrected chi connectivity index (χ0v) is 9.71. The van der Waals surface area contributed by atoms with Gasteiger partial charge in [-0.25, -0.2) is 0 Å². The average molecular weight is 202 g/mol. The molecule has 1 saturated carbocycles. The van der Waals surface area contributed by atoms with Crippen molar-refractivity contribution in [2.24, 2.45) is 0 Å². The Morgan fingerprint density at radius 3 is 2.47 bits per heavy atom. The number of benzene rings is 1. The van der Waals surface area contributed by atoms with E-state index in [-0.39, 0.29) is 5.41 Å². The van der Waals surface area contributed by atoms with Gasteiger partial charge < -0.3 is 0 Å². The van der Waals surface area contributed by atoms with Crippen LogP contribution in [0.4, 0.5) is 0 Å². The summed E-state index contributed by atoms with van der Waals surface area (Å²) < 4.78 is 0. The summed E-state index contributed by atoms with van der Waals surface area (Å²) in [4.78, 5) is 11.6. The fraction of sp³-hybridized carbons (Fsp3) is 0.500. The molecular weight excluding hydrogens is 184 g/mol. The SMILES string of the molecule is CC(=O)C1(c2cccc(C(C)C)c2)CC1. The highest BCUT2D eigenvalue weighted by atomic mass is 16.1. The van der Waals surface area contributed by atoms with Crippen molar-refractivity contribution in [3.8, 4) is 0 Å². The lowest BCUT2D eigenvalue weighted by molar-refractivity contribution is -0.119. The second-order valence-corrected chi connectivity index (χ2v) is 4.92. The molecule has 15 heavy (non-hydrogen) atoms. The van der Waals surface area contributed by atoms with E-state index >= 15 is 0 Å². The van der Waals surface area contributed by atoms with Crippen LogP contribution in [0, 0.1) is 0 Å². The maximum Gasteiger partial charge on any atom is 0.140 e. The third-order valence-corrected chi connectivity index (χ3v) is 3.53. The van der Waals surface area contributed by atoms with E-state index in [0.29, 0.717) is 11.7 Å². The smallest absolute Gasteiger partial charge is 0.140 e. The first-order valence-electron chi connectivity index (χ1n) is 5.68. The van der Waals surface area contributed by atoms with Crippen LogP contribution < -0.4 is 0 Å². The number of ketones is 1. The van der Waals surface area contributed by atoms with Crippen LogP contribution in [0.5, 0.6) is 0 Å². The average Bonchev–Trinajstić information content (AvgIpc) is 2.98. The van der Waals surface area contributed by atoms with E-state index in [0.717, 1.165) is 12.8 Å². The Labute approximate surface area is 91.5 Å². The van der Waals surface area contributed by atoms with Crippen molar-refractivity contribution in [1.82, 2.24) is 0 Å². The maximum atomic E-state index is 11.6. The number of carbonyl (C=O) groups excluding carboxylic acids is 1. The van der Waals surface area contributed by atoms with Crippen LogP contribution in [0.2, 0.25) is 0 Å². The molecule has 0 atom stereocenters. The van der Waals surface area contributed by atoms with Crippen LogP contribution in [0.25, 0.3) is 0 Å². The molecule has 2 rings (SSSR count). The van der Waals surface area contributed by atoms with Gasteiger partial charge in [-0.2, -0.15) is 0 Å². The first kappa shape index (κ1) is 10.4. The Kier molecular flexibility index (Phi) is 2.41.